The Hall–Kier alpha value is -1.10. The van der Waals surface area contributed by atoms with Gasteiger partial charge in [-0.15, -0.1) is 0 Å². The van der Waals surface area contributed by atoms with Gasteiger partial charge in [0, 0.05) is 32.2 Å². The van der Waals surface area contributed by atoms with Crippen LogP contribution in [0.2, 0.25) is 0 Å². The Kier molecular flexibility index (Phi) is 8.03. The molecule has 0 aromatic rings. The predicted molar refractivity (Wildman–Crippen MR) is 94.4 cm³/mol. The highest BCUT2D eigenvalue weighted by atomic mass is 16.3. The average molecular weight is 338 g/mol. The zero-order valence-electron chi connectivity index (χ0n) is 15.1. The Labute approximate surface area is 146 Å². The molecule has 2 aliphatic rings. The molecule has 2 N–H and O–H groups in total. The average Bonchev–Trinajstić information content (AvgIpc) is 2.78. The number of carbonyl (C=O) groups excluding carboxylic acids is 2. The summed E-state index contributed by atoms with van der Waals surface area (Å²) < 4.78 is 0. The number of nitrogens with one attached hydrogen (secondary N) is 1. The number of rotatable bonds is 8. The highest BCUT2D eigenvalue weighted by Crippen LogP contribution is 2.28. The highest BCUT2D eigenvalue weighted by molar-refractivity contribution is 5.89. The molecule has 138 valence electrons. The molecule has 2 rings (SSSR count). The van der Waals surface area contributed by atoms with Crippen molar-refractivity contribution in [2.24, 2.45) is 11.8 Å². The van der Waals surface area contributed by atoms with Crippen LogP contribution in [-0.2, 0) is 9.59 Å². The zero-order chi connectivity index (χ0) is 17.4. The van der Waals surface area contributed by atoms with Crippen molar-refractivity contribution in [3.63, 3.8) is 0 Å². The minimum absolute atomic E-state index is 0.0125. The number of amides is 2. The van der Waals surface area contributed by atoms with Gasteiger partial charge in [0.05, 0.1) is 5.92 Å². The molecule has 0 spiro atoms. The summed E-state index contributed by atoms with van der Waals surface area (Å²) >= 11 is 0. The van der Waals surface area contributed by atoms with Gasteiger partial charge in [-0.05, 0) is 31.6 Å². The maximum atomic E-state index is 12.4. The first-order chi connectivity index (χ1) is 11.7. The molecule has 0 radical (unpaired) electrons. The SMILES string of the molecule is CCCC(CCO)CNC(=O)C1CC(=O)N(C2CCCCCC2)C1. The molecule has 1 aliphatic carbocycles. The van der Waals surface area contributed by atoms with E-state index in [4.69, 9.17) is 5.11 Å². The fourth-order valence-corrected chi connectivity index (χ4v) is 4.16. The lowest BCUT2D eigenvalue weighted by Crippen LogP contribution is -2.39. The van der Waals surface area contributed by atoms with Crippen LogP contribution in [0.5, 0.6) is 0 Å². The topological polar surface area (TPSA) is 69.6 Å². The van der Waals surface area contributed by atoms with Crippen LogP contribution in [0.4, 0.5) is 0 Å². The van der Waals surface area contributed by atoms with E-state index < -0.39 is 0 Å². The van der Waals surface area contributed by atoms with Gasteiger partial charge < -0.3 is 15.3 Å². The molecular weight excluding hydrogens is 304 g/mol. The van der Waals surface area contributed by atoms with Gasteiger partial charge in [-0.3, -0.25) is 9.59 Å². The first-order valence-electron chi connectivity index (χ1n) is 9.83. The minimum atomic E-state index is -0.197. The highest BCUT2D eigenvalue weighted by Gasteiger charge is 2.37. The van der Waals surface area contributed by atoms with Crippen LogP contribution in [0.25, 0.3) is 0 Å². The lowest BCUT2D eigenvalue weighted by Gasteiger charge is -2.27. The van der Waals surface area contributed by atoms with Gasteiger partial charge in [-0.1, -0.05) is 39.0 Å². The van der Waals surface area contributed by atoms with E-state index in [0.717, 1.165) is 32.1 Å². The van der Waals surface area contributed by atoms with Crippen molar-refractivity contribution in [1.82, 2.24) is 10.2 Å². The normalized spacial score (nSPS) is 24.0. The molecular formula is C19H34N2O3. The summed E-state index contributed by atoms with van der Waals surface area (Å²) in [7, 11) is 0. The molecule has 5 nitrogen and oxygen atoms in total. The second-order valence-electron chi connectivity index (χ2n) is 7.50. The van der Waals surface area contributed by atoms with Crippen LogP contribution >= 0.6 is 0 Å². The van der Waals surface area contributed by atoms with E-state index in [2.05, 4.69) is 12.2 Å². The standard InChI is InChI=1S/C19H34N2O3/c1-2-7-15(10-11-22)13-20-19(24)16-12-18(23)21(14-16)17-8-5-3-4-6-9-17/h15-17,22H,2-14H2,1H3,(H,20,24). The fraction of sp³-hybridized carbons (Fsp3) is 0.895. The van der Waals surface area contributed by atoms with Gasteiger partial charge in [0.15, 0.2) is 0 Å². The minimum Gasteiger partial charge on any atom is -0.396 e. The molecule has 2 atom stereocenters. The number of nitrogens with zero attached hydrogens (tertiary/aromatic N) is 1. The predicted octanol–water partition coefficient (Wildman–Crippen LogP) is 2.47. The third-order valence-corrected chi connectivity index (χ3v) is 5.59. The van der Waals surface area contributed by atoms with Gasteiger partial charge in [-0.2, -0.15) is 0 Å². The molecule has 0 aromatic carbocycles. The van der Waals surface area contributed by atoms with E-state index in [0.29, 0.717) is 31.5 Å². The third kappa shape index (κ3) is 5.47. The summed E-state index contributed by atoms with van der Waals surface area (Å²) in [5, 5.41) is 12.1. The van der Waals surface area contributed by atoms with Crippen LogP contribution in [0.15, 0.2) is 0 Å². The van der Waals surface area contributed by atoms with Gasteiger partial charge in [-0.25, -0.2) is 0 Å². The summed E-state index contributed by atoms with van der Waals surface area (Å²) in [6.45, 7) is 3.49. The Balaban J connectivity index is 1.81. The molecule has 2 amide bonds. The number of likely N-dealkylation sites (tertiary alicyclic amines) is 1. The summed E-state index contributed by atoms with van der Waals surface area (Å²) in [6.07, 6.45) is 10.3. The summed E-state index contributed by atoms with van der Waals surface area (Å²) in [4.78, 5) is 26.8. The van der Waals surface area contributed by atoms with Crippen molar-refractivity contribution in [2.75, 3.05) is 19.7 Å². The maximum absolute atomic E-state index is 12.4. The van der Waals surface area contributed by atoms with Crippen LogP contribution < -0.4 is 5.32 Å². The quantitative estimate of drug-likeness (QED) is 0.668. The van der Waals surface area contributed by atoms with E-state index >= 15 is 0 Å². The molecule has 2 unspecified atom stereocenters. The monoisotopic (exact) mass is 338 g/mol. The van der Waals surface area contributed by atoms with Crippen LogP contribution in [0, 0.1) is 11.8 Å². The molecule has 2 fully saturated rings. The lowest BCUT2D eigenvalue weighted by molar-refractivity contribution is -0.130. The fourth-order valence-electron chi connectivity index (χ4n) is 4.16. The van der Waals surface area contributed by atoms with Gasteiger partial charge in [0.2, 0.25) is 11.8 Å². The largest absolute Gasteiger partial charge is 0.396 e. The van der Waals surface area contributed by atoms with Gasteiger partial charge >= 0.3 is 0 Å². The number of hydrogen-bond acceptors (Lipinski definition) is 3. The van der Waals surface area contributed by atoms with Crippen LogP contribution in [0.3, 0.4) is 0 Å². The van der Waals surface area contributed by atoms with Crippen LogP contribution in [-0.4, -0.2) is 47.6 Å². The smallest absolute Gasteiger partial charge is 0.225 e. The lowest BCUT2D eigenvalue weighted by atomic mass is 9.99. The second kappa shape index (κ2) is 10.0. The Morgan fingerprint density at radius 3 is 2.58 bits per heavy atom. The van der Waals surface area contributed by atoms with Crippen molar-refractivity contribution < 1.29 is 14.7 Å². The third-order valence-electron chi connectivity index (χ3n) is 5.59. The van der Waals surface area contributed by atoms with Crippen molar-refractivity contribution in [1.29, 1.82) is 0 Å². The van der Waals surface area contributed by atoms with E-state index in [1.54, 1.807) is 0 Å². The van der Waals surface area contributed by atoms with Crippen molar-refractivity contribution in [3.8, 4) is 0 Å². The molecule has 5 heteroatoms. The second-order valence-corrected chi connectivity index (χ2v) is 7.50. The van der Waals surface area contributed by atoms with E-state index in [9.17, 15) is 9.59 Å². The van der Waals surface area contributed by atoms with Crippen molar-refractivity contribution in [3.05, 3.63) is 0 Å². The molecule has 1 heterocycles. The number of aliphatic hydroxyl groups is 1. The Morgan fingerprint density at radius 1 is 1.25 bits per heavy atom. The van der Waals surface area contributed by atoms with Crippen LogP contribution in [0.1, 0.15) is 71.1 Å². The molecule has 24 heavy (non-hydrogen) atoms. The number of carbonyl (C=O) groups is 2. The van der Waals surface area contributed by atoms with E-state index in [1.807, 2.05) is 4.90 Å². The number of hydrogen-bond donors (Lipinski definition) is 2. The van der Waals surface area contributed by atoms with Gasteiger partial charge in [0.1, 0.15) is 0 Å². The molecule has 1 aliphatic heterocycles. The molecule has 1 saturated carbocycles. The zero-order valence-corrected chi connectivity index (χ0v) is 15.1. The first-order valence-corrected chi connectivity index (χ1v) is 9.83. The van der Waals surface area contributed by atoms with Gasteiger partial charge in [0.25, 0.3) is 0 Å². The summed E-state index contributed by atoms with van der Waals surface area (Å²) in [6, 6.07) is 0.347. The number of aliphatic hydroxyl groups excluding tert-OH is 1. The Bertz CT molecular complexity index is 399. The molecule has 1 saturated heterocycles. The Morgan fingerprint density at radius 2 is 1.96 bits per heavy atom. The molecule has 0 aromatic heterocycles. The van der Waals surface area contributed by atoms with E-state index in [-0.39, 0.29) is 24.3 Å². The summed E-state index contributed by atoms with van der Waals surface area (Å²) in [5.41, 5.74) is 0. The first kappa shape index (κ1) is 19.2. The maximum Gasteiger partial charge on any atom is 0.225 e. The van der Waals surface area contributed by atoms with Crippen molar-refractivity contribution >= 4 is 11.8 Å². The summed E-state index contributed by atoms with van der Waals surface area (Å²) in [5.74, 6) is 0.303. The van der Waals surface area contributed by atoms with E-state index in [1.165, 1.54) is 25.7 Å². The molecule has 0 bridgehead atoms. The van der Waals surface area contributed by atoms with Crippen molar-refractivity contribution in [2.45, 2.75) is 77.2 Å².